The zero-order valence-electron chi connectivity index (χ0n) is 30.1. The molecule has 0 aliphatic rings. The third kappa shape index (κ3) is 9.30. The summed E-state index contributed by atoms with van der Waals surface area (Å²) in [6, 6.07) is 40.2. The van der Waals surface area contributed by atoms with E-state index in [4.69, 9.17) is 45.1 Å². The van der Waals surface area contributed by atoms with Crippen molar-refractivity contribution in [2.75, 3.05) is 0 Å². The summed E-state index contributed by atoms with van der Waals surface area (Å²) in [5.74, 6) is 0. The lowest BCUT2D eigenvalue weighted by atomic mass is 10.1. The molecule has 0 amide bonds. The van der Waals surface area contributed by atoms with Crippen LogP contribution < -0.4 is 10.3 Å². The second-order valence-electron chi connectivity index (χ2n) is 12.6. The third-order valence-electron chi connectivity index (χ3n) is 8.70. The van der Waals surface area contributed by atoms with E-state index >= 15 is 0 Å². The standard InChI is InChI=1S/C21H15ClN4O4S.C19H13Cl2N3O2S2/c22-16-9-5-15(6-10-16)20-13-18(14-7-11-17(12-8-14)26(27)28)24-25(20)19-3-1-2-4-21(19)31(23,29)30;20-13-7-5-12(6-8-13)16-11-14(17-9-10-19(21)27-17)23-24(16)15-3-1-2-4-18(15)28(22,25)26/h1-13H,(H2,23,29,30);1-11H,(H2,22,25,26). The largest absolute Gasteiger partial charge is 0.269 e. The van der Waals surface area contributed by atoms with Crippen molar-refractivity contribution >= 4 is 71.9 Å². The summed E-state index contributed by atoms with van der Waals surface area (Å²) in [4.78, 5) is 11.2. The minimum absolute atomic E-state index is 0.0101. The predicted octanol–water partition coefficient (Wildman–Crippen LogP) is 9.64. The van der Waals surface area contributed by atoms with Crippen LogP contribution in [0.25, 0.3) is 55.7 Å². The quantitative estimate of drug-likeness (QED) is 0.105. The first-order valence-corrected chi connectivity index (χ1v) is 22.1. The lowest BCUT2D eigenvalue weighted by molar-refractivity contribution is -0.384. The molecule has 0 aliphatic carbocycles. The molecule has 0 radical (unpaired) electrons. The molecule has 0 atom stereocenters. The number of nitro benzene ring substituents is 1. The van der Waals surface area contributed by atoms with E-state index in [0.29, 0.717) is 48.4 Å². The number of nitro groups is 1. The van der Waals surface area contributed by atoms with Crippen LogP contribution in [0.4, 0.5) is 5.69 Å². The molecule has 8 rings (SSSR count). The molecule has 0 saturated carbocycles. The van der Waals surface area contributed by atoms with Crippen molar-refractivity contribution in [3.63, 3.8) is 0 Å². The Bertz CT molecular complexity index is 3060. The van der Waals surface area contributed by atoms with E-state index in [1.54, 1.807) is 102 Å². The van der Waals surface area contributed by atoms with E-state index in [1.807, 2.05) is 24.3 Å². The second-order valence-corrected chi connectivity index (χ2v) is 18.2. The first kappa shape index (κ1) is 41.5. The van der Waals surface area contributed by atoms with Gasteiger partial charge in [0.05, 0.1) is 42.6 Å². The maximum absolute atomic E-state index is 12.2. The molecule has 4 N–H and O–H groups in total. The Kier molecular flexibility index (Phi) is 11.9. The molecular formula is C40H28Cl3N7O6S3. The molecule has 13 nitrogen and oxygen atoms in total. The SMILES string of the molecule is NS(=O)(=O)c1ccccc1-n1nc(-c2ccc(Cl)s2)cc1-c1ccc(Cl)cc1.NS(=O)(=O)c1ccccc1-n1nc(-c2ccc([N+](=O)[O-])cc2)cc1-c1ccc(Cl)cc1. The molecule has 0 unspecified atom stereocenters. The van der Waals surface area contributed by atoms with Gasteiger partial charge in [-0.15, -0.1) is 11.3 Å². The van der Waals surface area contributed by atoms with Crippen LogP contribution in [0.15, 0.2) is 155 Å². The maximum Gasteiger partial charge on any atom is 0.269 e. The van der Waals surface area contributed by atoms with Gasteiger partial charge >= 0.3 is 0 Å². The highest BCUT2D eigenvalue weighted by Gasteiger charge is 2.22. The van der Waals surface area contributed by atoms with E-state index in [0.717, 1.165) is 16.0 Å². The van der Waals surface area contributed by atoms with Crippen LogP contribution in [0.2, 0.25) is 14.4 Å². The van der Waals surface area contributed by atoms with Crippen molar-refractivity contribution in [2.45, 2.75) is 9.79 Å². The summed E-state index contributed by atoms with van der Waals surface area (Å²) in [7, 11) is -7.95. The van der Waals surface area contributed by atoms with Gasteiger partial charge in [0.2, 0.25) is 20.0 Å². The first-order valence-electron chi connectivity index (χ1n) is 17.0. The minimum atomic E-state index is -4.01. The number of aromatic nitrogens is 4. The number of sulfonamides is 2. The number of hydrogen-bond acceptors (Lipinski definition) is 9. The molecule has 19 heteroatoms. The van der Waals surface area contributed by atoms with Crippen molar-refractivity contribution in [1.82, 2.24) is 19.6 Å². The average molecular weight is 905 g/mol. The second kappa shape index (κ2) is 16.9. The smallest absolute Gasteiger partial charge is 0.258 e. The average Bonchev–Trinajstić information content (AvgIpc) is 3.97. The highest BCUT2D eigenvalue weighted by molar-refractivity contribution is 7.89. The Labute approximate surface area is 356 Å². The Morgan fingerprint density at radius 1 is 0.559 bits per heavy atom. The van der Waals surface area contributed by atoms with Gasteiger partial charge in [-0.05, 0) is 84.9 Å². The van der Waals surface area contributed by atoms with Crippen molar-refractivity contribution in [3.8, 4) is 55.7 Å². The van der Waals surface area contributed by atoms with Gasteiger partial charge in [0.15, 0.2) is 0 Å². The zero-order chi connectivity index (χ0) is 42.1. The van der Waals surface area contributed by atoms with E-state index < -0.39 is 25.0 Å². The fourth-order valence-corrected chi connectivity index (χ4v) is 8.67. The highest BCUT2D eigenvalue weighted by atomic mass is 35.5. The number of para-hydroxylation sites is 2. The number of nitrogens with two attached hydrogens (primary N) is 2. The summed E-state index contributed by atoms with van der Waals surface area (Å²) >= 11 is 19.5. The molecule has 0 fully saturated rings. The van der Waals surface area contributed by atoms with E-state index in [-0.39, 0.29) is 21.2 Å². The number of rotatable bonds is 9. The Morgan fingerprint density at radius 2 is 0.983 bits per heavy atom. The van der Waals surface area contributed by atoms with E-state index in [2.05, 4.69) is 10.2 Å². The zero-order valence-corrected chi connectivity index (χ0v) is 34.8. The molecule has 0 saturated heterocycles. The molecule has 59 heavy (non-hydrogen) atoms. The molecular weight excluding hydrogens is 877 g/mol. The van der Waals surface area contributed by atoms with Crippen LogP contribution in [0.3, 0.4) is 0 Å². The van der Waals surface area contributed by atoms with Gasteiger partial charge < -0.3 is 0 Å². The topological polar surface area (TPSA) is 199 Å². The Hall–Kier alpha value is -5.69. The van der Waals surface area contributed by atoms with Crippen molar-refractivity contribution in [1.29, 1.82) is 0 Å². The monoisotopic (exact) mass is 903 g/mol. The Balaban J connectivity index is 0.000000180. The summed E-state index contributed by atoms with van der Waals surface area (Å²) in [5, 5.41) is 32.2. The van der Waals surface area contributed by atoms with Crippen LogP contribution in [0.5, 0.6) is 0 Å². The molecule has 0 aliphatic heterocycles. The summed E-state index contributed by atoms with van der Waals surface area (Å²) in [6.07, 6.45) is 0. The third-order valence-corrected chi connectivity index (χ3v) is 12.4. The van der Waals surface area contributed by atoms with Gasteiger partial charge in [-0.25, -0.2) is 36.5 Å². The fraction of sp³-hybridized carbons (Fsp3) is 0. The maximum atomic E-state index is 12.2. The van der Waals surface area contributed by atoms with E-state index in [9.17, 15) is 26.9 Å². The summed E-state index contributed by atoms with van der Waals surface area (Å²) in [5.41, 5.74) is 5.29. The van der Waals surface area contributed by atoms with Gasteiger partial charge in [0.25, 0.3) is 5.69 Å². The number of hydrogen-bond donors (Lipinski definition) is 2. The van der Waals surface area contributed by atoms with Crippen LogP contribution >= 0.6 is 46.1 Å². The number of benzene rings is 5. The molecule has 3 aromatic heterocycles. The van der Waals surface area contributed by atoms with Crippen LogP contribution in [-0.4, -0.2) is 41.3 Å². The molecule has 298 valence electrons. The fourth-order valence-electron chi connectivity index (χ4n) is 5.99. The number of non-ortho nitro benzene ring substituents is 1. The minimum Gasteiger partial charge on any atom is -0.258 e. The molecule has 0 spiro atoms. The van der Waals surface area contributed by atoms with Gasteiger partial charge in [0.1, 0.15) is 15.5 Å². The summed E-state index contributed by atoms with van der Waals surface area (Å²) < 4.78 is 52.2. The van der Waals surface area contributed by atoms with Crippen LogP contribution in [-0.2, 0) is 20.0 Å². The first-order chi connectivity index (χ1) is 28.1. The van der Waals surface area contributed by atoms with Crippen molar-refractivity contribution in [3.05, 3.63) is 170 Å². The predicted molar refractivity (Wildman–Crippen MR) is 231 cm³/mol. The molecule has 5 aromatic carbocycles. The van der Waals surface area contributed by atoms with Gasteiger partial charge in [-0.3, -0.25) is 10.1 Å². The number of halogens is 3. The van der Waals surface area contributed by atoms with Crippen LogP contribution in [0, 0.1) is 10.1 Å². The lowest BCUT2D eigenvalue weighted by Gasteiger charge is -2.11. The normalized spacial score (nSPS) is 11.5. The molecule has 0 bridgehead atoms. The molecule has 8 aromatic rings. The van der Waals surface area contributed by atoms with Crippen molar-refractivity contribution in [2.24, 2.45) is 10.3 Å². The Morgan fingerprint density at radius 3 is 1.41 bits per heavy atom. The van der Waals surface area contributed by atoms with Gasteiger partial charge in [-0.2, -0.15) is 10.2 Å². The van der Waals surface area contributed by atoms with Gasteiger partial charge in [-0.1, -0.05) is 83.3 Å². The summed E-state index contributed by atoms with van der Waals surface area (Å²) in [6.45, 7) is 0. The van der Waals surface area contributed by atoms with Crippen molar-refractivity contribution < 1.29 is 21.8 Å². The van der Waals surface area contributed by atoms with Crippen LogP contribution in [0.1, 0.15) is 0 Å². The number of thiophene rings is 1. The number of nitrogens with zero attached hydrogens (tertiary/aromatic N) is 5. The highest BCUT2D eigenvalue weighted by Crippen LogP contribution is 2.36. The lowest BCUT2D eigenvalue weighted by Crippen LogP contribution is -2.16. The van der Waals surface area contributed by atoms with E-state index in [1.165, 1.54) is 40.3 Å². The molecule has 3 heterocycles. The number of primary sulfonamides is 2. The van der Waals surface area contributed by atoms with Gasteiger partial charge in [0, 0.05) is 38.9 Å².